The summed E-state index contributed by atoms with van der Waals surface area (Å²) >= 11 is 0. The molecule has 0 aromatic heterocycles. The molecular weight excluding hydrogens is 320 g/mol. The molecule has 24 heavy (non-hydrogen) atoms. The van der Waals surface area contributed by atoms with Gasteiger partial charge in [0, 0.05) is 0 Å². The lowest BCUT2D eigenvalue weighted by molar-refractivity contribution is -0.160. The Bertz CT molecular complexity index is 564. The number of hydrogen-bond donors (Lipinski definition) is 2. The minimum Gasteiger partial charge on any atom is -0.481 e. The highest BCUT2D eigenvalue weighted by Gasteiger charge is 2.45. The Balaban J connectivity index is 3.29. The van der Waals surface area contributed by atoms with Crippen LogP contribution in [0.25, 0.3) is 0 Å². The summed E-state index contributed by atoms with van der Waals surface area (Å²) in [6.07, 6.45) is 1.48. The standard InChI is InChI=1S/C16H22O8/c1-7-5-9(6-10(13(17)18)11(7)14(19)20)12(16(22)24-4)8(2)15(21)23-3/h5,8-12H,6H2,1-4H3,(H,17,18)(H,19,20). The first kappa shape index (κ1) is 19.7. The molecule has 5 atom stereocenters. The third-order valence-corrected chi connectivity index (χ3v) is 4.53. The molecule has 0 saturated heterocycles. The van der Waals surface area contributed by atoms with Gasteiger partial charge < -0.3 is 19.7 Å². The third-order valence-electron chi connectivity index (χ3n) is 4.53. The average Bonchev–Trinajstić information content (AvgIpc) is 2.52. The molecule has 0 aliphatic heterocycles. The van der Waals surface area contributed by atoms with Crippen LogP contribution >= 0.6 is 0 Å². The first-order valence-electron chi connectivity index (χ1n) is 7.45. The lowest BCUT2D eigenvalue weighted by Crippen LogP contribution is -2.41. The molecule has 1 aliphatic rings. The number of allylic oxidation sites excluding steroid dienone is 1. The smallest absolute Gasteiger partial charge is 0.311 e. The van der Waals surface area contributed by atoms with Crippen LogP contribution < -0.4 is 0 Å². The van der Waals surface area contributed by atoms with Crippen LogP contribution in [-0.4, -0.2) is 48.3 Å². The number of carboxylic acid groups (broad SMARTS) is 2. The van der Waals surface area contributed by atoms with Crippen molar-refractivity contribution in [3.8, 4) is 0 Å². The topological polar surface area (TPSA) is 127 Å². The van der Waals surface area contributed by atoms with E-state index in [-0.39, 0.29) is 6.42 Å². The van der Waals surface area contributed by atoms with E-state index in [4.69, 9.17) is 4.74 Å². The van der Waals surface area contributed by atoms with Crippen molar-refractivity contribution >= 4 is 23.9 Å². The predicted molar refractivity (Wildman–Crippen MR) is 80.8 cm³/mol. The molecule has 2 N–H and O–H groups in total. The maximum Gasteiger partial charge on any atom is 0.311 e. The maximum atomic E-state index is 12.1. The first-order valence-corrected chi connectivity index (χ1v) is 7.45. The first-order chi connectivity index (χ1) is 11.1. The molecule has 8 heteroatoms. The Morgan fingerprint density at radius 2 is 1.62 bits per heavy atom. The van der Waals surface area contributed by atoms with Crippen LogP contribution in [0, 0.1) is 29.6 Å². The quantitative estimate of drug-likeness (QED) is 0.539. The number of carboxylic acids is 2. The number of hydrogen-bond acceptors (Lipinski definition) is 6. The van der Waals surface area contributed by atoms with E-state index in [1.54, 1.807) is 6.08 Å². The van der Waals surface area contributed by atoms with Crippen LogP contribution in [0.1, 0.15) is 20.3 Å². The summed E-state index contributed by atoms with van der Waals surface area (Å²) in [5.74, 6) is -8.56. The van der Waals surface area contributed by atoms with Crippen molar-refractivity contribution in [3.63, 3.8) is 0 Å². The summed E-state index contributed by atoms with van der Waals surface area (Å²) in [7, 11) is 2.36. The van der Waals surface area contributed by atoms with E-state index in [9.17, 15) is 29.4 Å². The summed E-state index contributed by atoms with van der Waals surface area (Å²) in [6.45, 7) is 3.01. The number of rotatable bonds is 6. The zero-order valence-corrected chi connectivity index (χ0v) is 14.0. The highest BCUT2D eigenvalue weighted by Crippen LogP contribution is 2.40. The van der Waals surface area contributed by atoms with E-state index in [0.717, 1.165) is 0 Å². The zero-order chi connectivity index (χ0) is 18.6. The van der Waals surface area contributed by atoms with Gasteiger partial charge in [-0.2, -0.15) is 0 Å². The fourth-order valence-electron chi connectivity index (χ4n) is 3.33. The highest BCUT2D eigenvalue weighted by molar-refractivity contribution is 5.84. The minimum absolute atomic E-state index is 0.0786. The van der Waals surface area contributed by atoms with E-state index >= 15 is 0 Å². The van der Waals surface area contributed by atoms with Crippen LogP contribution in [0.3, 0.4) is 0 Å². The van der Waals surface area contributed by atoms with Crippen molar-refractivity contribution in [1.82, 2.24) is 0 Å². The van der Waals surface area contributed by atoms with Crippen molar-refractivity contribution in [2.24, 2.45) is 29.6 Å². The second-order valence-electron chi connectivity index (χ2n) is 5.93. The number of carbonyl (C=O) groups excluding carboxylic acids is 2. The summed E-state index contributed by atoms with van der Waals surface area (Å²) in [6, 6.07) is 0. The monoisotopic (exact) mass is 342 g/mol. The molecule has 0 amide bonds. The fraction of sp³-hybridized carbons (Fsp3) is 0.625. The summed E-state index contributed by atoms with van der Waals surface area (Å²) in [4.78, 5) is 46.8. The molecule has 0 aromatic carbocycles. The lowest BCUT2D eigenvalue weighted by Gasteiger charge is -2.34. The average molecular weight is 342 g/mol. The largest absolute Gasteiger partial charge is 0.481 e. The summed E-state index contributed by atoms with van der Waals surface area (Å²) in [5.41, 5.74) is 0.345. The van der Waals surface area contributed by atoms with Crippen molar-refractivity contribution < 1.29 is 38.9 Å². The molecule has 8 nitrogen and oxygen atoms in total. The second-order valence-corrected chi connectivity index (χ2v) is 5.93. The molecule has 1 rings (SSSR count). The van der Waals surface area contributed by atoms with Gasteiger partial charge in [0.15, 0.2) is 0 Å². The third kappa shape index (κ3) is 3.93. The van der Waals surface area contributed by atoms with Crippen molar-refractivity contribution in [3.05, 3.63) is 11.6 Å². The second kappa shape index (κ2) is 7.94. The molecule has 5 unspecified atom stereocenters. The number of methoxy groups -OCH3 is 2. The van der Waals surface area contributed by atoms with E-state index in [1.807, 2.05) is 0 Å². The lowest BCUT2D eigenvalue weighted by atomic mass is 9.68. The molecule has 134 valence electrons. The van der Waals surface area contributed by atoms with Gasteiger partial charge in [-0.05, 0) is 19.3 Å². The molecule has 0 heterocycles. The molecule has 0 saturated carbocycles. The van der Waals surface area contributed by atoms with Gasteiger partial charge in [0.05, 0.1) is 37.9 Å². The molecule has 0 radical (unpaired) electrons. The Morgan fingerprint density at radius 3 is 2.04 bits per heavy atom. The molecule has 1 aliphatic carbocycles. The van der Waals surface area contributed by atoms with Crippen LogP contribution in [0.5, 0.6) is 0 Å². The Labute approximate surface area is 139 Å². The van der Waals surface area contributed by atoms with E-state index in [1.165, 1.54) is 28.1 Å². The molecule has 0 spiro atoms. The van der Waals surface area contributed by atoms with Gasteiger partial charge >= 0.3 is 23.9 Å². The Hall–Kier alpha value is -2.38. The predicted octanol–water partition coefficient (Wildman–Crippen LogP) is 0.952. The van der Waals surface area contributed by atoms with Gasteiger partial charge in [0.2, 0.25) is 0 Å². The number of aliphatic carboxylic acids is 2. The Kier molecular flexibility index (Phi) is 6.51. The van der Waals surface area contributed by atoms with E-state index < -0.39 is 53.5 Å². The van der Waals surface area contributed by atoms with Crippen LogP contribution in [0.2, 0.25) is 0 Å². The van der Waals surface area contributed by atoms with Crippen molar-refractivity contribution in [2.75, 3.05) is 14.2 Å². The van der Waals surface area contributed by atoms with Crippen molar-refractivity contribution in [2.45, 2.75) is 20.3 Å². The van der Waals surface area contributed by atoms with E-state index in [2.05, 4.69) is 4.74 Å². The highest BCUT2D eigenvalue weighted by atomic mass is 16.5. The van der Waals surface area contributed by atoms with Gasteiger partial charge in [-0.3, -0.25) is 19.2 Å². The number of ether oxygens (including phenoxy) is 2. The fourth-order valence-corrected chi connectivity index (χ4v) is 3.33. The van der Waals surface area contributed by atoms with Gasteiger partial charge in [-0.25, -0.2) is 0 Å². The van der Waals surface area contributed by atoms with E-state index in [0.29, 0.717) is 5.57 Å². The maximum absolute atomic E-state index is 12.1. The Morgan fingerprint density at radius 1 is 1.08 bits per heavy atom. The molecule has 0 fully saturated rings. The minimum atomic E-state index is -1.26. The number of carbonyl (C=O) groups is 4. The van der Waals surface area contributed by atoms with Gasteiger partial charge in [-0.15, -0.1) is 0 Å². The normalized spacial score (nSPS) is 25.8. The summed E-state index contributed by atoms with van der Waals surface area (Å²) < 4.78 is 9.41. The van der Waals surface area contributed by atoms with Crippen LogP contribution in [0.15, 0.2) is 11.6 Å². The van der Waals surface area contributed by atoms with Crippen molar-refractivity contribution in [1.29, 1.82) is 0 Å². The summed E-state index contributed by atoms with van der Waals surface area (Å²) in [5, 5.41) is 18.6. The zero-order valence-electron chi connectivity index (χ0n) is 14.0. The van der Waals surface area contributed by atoms with Crippen LogP contribution in [0.4, 0.5) is 0 Å². The molecular formula is C16H22O8. The SMILES string of the molecule is COC(=O)C(C)C(C(=O)OC)C1C=C(C)C(C(=O)O)C(C(=O)O)C1. The van der Waals surface area contributed by atoms with Crippen LogP contribution in [-0.2, 0) is 28.7 Å². The number of esters is 2. The van der Waals surface area contributed by atoms with Gasteiger partial charge in [0.1, 0.15) is 0 Å². The molecule has 0 aromatic rings. The van der Waals surface area contributed by atoms with Gasteiger partial charge in [-0.1, -0.05) is 18.6 Å². The molecule has 0 bridgehead atoms. The van der Waals surface area contributed by atoms with Gasteiger partial charge in [0.25, 0.3) is 0 Å².